The molecule has 0 aromatic heterocycles. The van der Waals surface area contributed by atoms with Gasteiger partial charge in [-0.15, -0.1) is 0 Å². The number of thioether (sulfide) groups is 1. The van der Waals surface area contributed by atoms with Gasteiger partial charge in [0, 0.05) is 24.1 Å². The molecule has 1 saturated heterocycles. The minimum absolute atomic E-state index is 0.296. The molecule has 1 fully saturated rings. The van der Waals surface area contributed by atoms with Crippen LogP contribution in [0.3, 0.4) is 0 Å². The van der Waals surface area contributed by atoms with E-state index < -0.39 is 3.12 Å². The Morgan fingerprint density at radius 1 is 1.38 bits per heavy atom. The number of hydrogen-bond donors (Lipinski definition) is 0. The van der Waals surface area contributed by atoms with Gasteiger partial charge in [0.1, 0.15) is 0 Å². The number of carbonyl (C=O) groups excluding carboxylic acids is 2. The number of amides is 2. The van der Waals surface area contributed by atoms with Crippen LogP contribution >= 0.6 is 58.5 Å². The fourth-order valence-corrected chi connectivity index (χ4v) is 2.72. The van der Waals surface area contributed by atoms with E-state index in [1.807, 2.05) is 0 Å². The Morgan fingerprint density at radius 2 is 2.00 bits per heavy atom. The molecule has 74 valence electrons. The summed E-state index contributed by atoms with van der Waals surface area (Å²) in [4.78, 5) is 22.3. The second-order valence-corrected chi connectivity index (χ2v) is 7.25. The third-order valence-corrected chi connectivity index (χ3v) is 3.46. The van der Waals surface area contributed by atoms with Crippen LogP contribution in [0.5, 0.6) is 0 Å². The van der Waals surface area contributed by atoms with Gasteiger partial charge in [0.2, 0.25) is 5.91 Å². The summed E-state index contributed by atoms with van der Waals surface area (Å²) < 4.78 is -0.787. The monoisotopic (exact) mass is 279 g/mol. The van der Waals surface area contributed by atoms with Crippen molar-refractivity contribution in [3.8, 4) is 0 Å². The molecule has 0 aromatic rings. The highest BCUT2D eigenvalue weighted by atomic mass is 35.6. The zero-order valence-corrected chi connectivity index (χ0v) is 10.0. The average Bonchev–Trinajstić information content (AvgIpc) is 1.95. The Balaban J connectivity index is 2.65. The first kappa shape index (κ1) is 11.8. The minimum atomic E-state index is -1.68. The summed E-state index contributed by atoms with van der Waals surface area (Å²) in [5.41, 5.74) is 0. The van der Waals surface area contributed by atoms with Gasteiger partial charge in [-0.3, -0.25) is 9.59 Å². The first-order valence-corrected chi connectivity index (χ1v) is 6.05. The van der Waals surface area contributed by atoms with Gasteiger partial charge < -0.3 is 0 Å². The molecule has 13 heavy (non-hydrogen) atoms. The fraction of sp³-hybridized carbons (Fsp3) is 0.600. The molecule has 2 amide bonds. The Hall–Kier alpha value is 0.710. The van der Waals surface area contributed by atoms with E-state index in [1.54, 1.807) is 0 Å². The van der Waals surface area contributed by atoms with E-state index in [9.17, 15) is 9.59 Å². The van der Waals surface area contributed by atoms with E-state index >= 15 is 0 Å². The van der Waals surface area contributed by atoms with E-state index in [0.717, 1.165) is 16.1 Å². The molecule has 0 spiro atoms. The van der Waals surface area contributed by atoms with Gasteiger partial charge in [0.05, 0.1) is 0 Å². The van der Waals surface area contributed by atoms with E-state index in [-0.39, 0.29) is 11.1 Å². The van der Waals surface area contributed by atoms with Crippen molar-refractivity contribution in [3.05, 3.63) is 0 Å². The van der Waals surface area contributed by atoms with Crippen LogP contribution in [-0.2, 0) is 4.79 Å². The van der Waals surface area contributed by atoms with Gasteiger partial charge in [0.15, 0.2) is 0 Å². The highest BCUT2D eigenvalue weighted by molar-refractivity contribution is 8.15. The summed E-state index contributed by atoms with van der Waals surface area (Å²) >= 11 is 18.0. The van der Waals surface area contributed by atoms with E-state index in [4.69, 9.17) is 34.8 Å². The van der Waals surface area contributed by atoms with Crippen LogP contribution in [0.15, 0.2) is 0 Å². The molecule has 0 aliphatic carbocycles. The molecule has 1 aliphatic heterocycles. The summed E-state index contributed by atoms with van der Waals surface area (Å²) in [7, 11) is 0. The maximum Gasteiger partial charge on any atom is 0.298 e. The second kappa shape index (κ2) is 4.49. The average molecular weight is 281 g/mol. The molecule has 0 bridgehead atoms. The lowest BCUT2D eigenvalue weighted by Crippen LogP contribution is -2.34. The maximum atomic E-state index is 11.2. The van der Waals surface area contributed by atoms with Gasteiger partial charge in [-0.2, -0.15) is 0 Å². The van der Waals surface area contributed by atoms with Crippen molar-refractivity contribution < 1.29 is 9.59 Å². The first-order chi connectivity index (χ1) is 5.90. The maximum absolute atomic E-state index is 11.2. The lowest BCUT2D eigenvalue weighted by atomic mass is 10.4. The predicted octanol–water partition coefficient (Wildman–Crippen LogP) is 3.05. The molecule has 0 N–H and O–H groups in total. The van der Waals surface area contributed by atoms with Crippen LogP contribution in [0.2, 0.25) is 0 Å². The number of rotatable bonds is 1. The van der Waals surface area contributed by atoms with Crippen molar-refractivity contribution in [1.82, 2.24) is 4.31 Å². The number of imide groups is 1. The molecule has 8 heteroatoms. The van der Waals surface area contributed by atoms with E-state index in [2.05, 4.69) is 0 Å². The lowest BCUT2D eigenvalue weighted by Gasteiger charge is -2.25. The summed E-state index contributed by atoms with van der Waals surface area (Å²) in [5.74, 6) is 0.175. The molecule has 1 aliphatic rings. The zero-order valence-electron chi connectivity index (χ0n) is 6.13. The van der Waals surface area contributed by atoms with Gasteiger partial charge in [-0.05, 0) is 0 Å². The number of halogens is 3. The Kier molecular flexibility index (Phi) is 4.07. The van der Waals surface area contributed by atoms with Crippen LogP contribution in [0.1, 0.15) is 6.42 Å². The van der Waals surface area contributed by atoms with Gasteiger partial charge in [0.25, 0.3) is 8.36 Å². The van der Waals surface area contributed by atoms with Crippen molar-refractivity contribution in [1.29, 1.82) is 0 Å². The normalized spacial score (nSPS) is 19.5. The summed E-state index contributed by atoms with van der Waals surface area (Å²) in [6.07, 6.45) is 0.296. The van der Waals surface area contributed by atoms with E-state index in [0.29, 0.717) is 24.1 Å². The summed E-state index contributed by atoms with van der Waals surface area (Å²) in [6, 6.07) is 0. The third-order valence-electron chi connectivity index (χ3n) is 1.13. The minimum Gasteiger partial charge on any atom is -0.273 e. The van der Waals surface area contributed by atoms with Crippen LogP contribution in [0, 0.1) is 0 Å². The molecule has 0 saturated carbocycles. The molecule has 3 nitrogen and oxygen atoms in total. The number of hydrogen-bond acceptors (Lipinski definition) is 4. The highest BCUT2D eigenvalue weighted by Crippen LogP contribution is 2.43. The van der Waals surface area contributed by atoms with Crippen molar-refractivity contribution >= 4 is 69.7 Å². The number of carbonyl (C=O) groups is 2. The standard InChI is InChI=1S/C5H4Cl3NO2S2/c6-5(7,8)13-9-3(10)1-2-12-4(9)11/h1-2H2. The van der Waals surface area contributed by atoms with Gasteiger partial charge in [-0.25, -0.2) is 4.31 Å². The largest absolute Gasteiger partial charge is 0.298 e. The molecule has 0 radical (unpaired) electrons. The summed E-state index contributed by atoms with van der Waals surface area (Å²) in [6.45, 7) is 0. The van der Waals surface area contributed by atoms with Crippen LogP contribution < -0.4 is 0 Å². The topological polar surface area (TPSA) is 37.4 Å². The number of alkyl halides is 3. The second-order valence-electron chi connectivity index (χ2n) is 2.09. The first-order valence-electron chi connectivity index (χ1n) is 3.16. The van der Waals surface area contributed by atoms with Crippen LogP contribution in [0.25, 0.3) is 0 Å². The smallest absolute Gasteiger partial charge is 0.273 e. The predicted molar refractivity (Wildman–Crippen MR) is 57.2 cm³/mol. The molecular weight excluding hydrogens is 277 g/mol. The quantitative estimate of drug-likeness (QED) is 0.546. The van der Waals surface area contributed by atoms with E-state index in [1.165, 1.54) is 0 Å². The molecule has 1 heterocycles. The van der Waals surface area contributed by atoms with Crippen LogP contribution in [0.4, 0.5) is 4.79 Å². The highest BCUT2D eigenvalue weighted by Gasteiger charge is 2.35. The third kappa shape index (κ3) is 3.75. The summed E-state index contributed by atoms with van der Waals surface area (Å²) in [5, 5.41) is -0.382. The molecule has 0 atom stereocenters. The van der Waals surface area contributed by atoms with Crippen molar-refractivity contribution in [2.24, 2.45) is 0 Å². The van der Waals surface area contributed by atoms with Crippen LogP contribution in [-0.4, -0.2) is 24.3 Å². The van der Waals surface area contributed by atoms with Gasteiger partial charge >= 0.3 is 0 Å². The fourth-order valence-electron chi connectivity index (χ4n) is 0.679. The molecule has 1 rings (SSSR count). The van der Waals surface area contributed by atoms with Gasteiger partial charge in [-0.1, -0.05) is 46.6 Å². The molecule has 0 aromatic carbocycles. The number of nitrogens with zero attached hydrogens (tertiary/aromatic N) is 1. The Labute approximate surface area is 98.6 Å². The molecular formula is C5H4Cl3NO2S2. The SMILES string of the molecule is O=C1CCSC(=O)N1SC(Cl)(Cl)Cl. The lowest BCUT2D eigenvalue weighted by molar-refractivity contribution is -0.123. The van der Waals surface area contributed by atoms with Crippen molar-refractivity contribution in [3.63, 3.8) is 0 Å². The zero-order chi connectivity index (χ0) is 10.1. The van der Waals surface area contributed by atoms with Crippen molar-refractivity contribution in [2.75, 3.05) is 5.75 Å². The Morgan fingerprint density at radius 3 is 2.46 bits per heavy atom. The van der Waals surface area contributed by atoms with Crippen molar-refractivity contribution in [2.45, 2.75) is 9.55 Å². The molecule has 0 unspecified atom stereocenters. The Bertz CT molecular complexity index is 226.